The van der Waals surface area contributed by atoms with Crippen LogP contribution in [0.5, 0.6) is 0 Å². The maximum absolute atomic E-state index is 15.7. The summed E-state index contributed by atoms with van der Waals surface area (Å²) in [6.07, 6.45) is 7.51. The zero-order chi connectivity index (χ0) is 33.5. The first-order valence-electron chi connectivity index (χ1n) is 16.3. The molecule has 5 rings (SSSR count). The summed E-state index contributed by atoms with van der Waals surface area (Å²) in [5.74, 6) is -2.91. The molecule has 3 N–H and O–H groups in total. The Kier molecular flexibility index (Phi) is 11.4. The minimum absolute atomic E-state index is 0.0322. The van der Waals surface area contributed by atoms with Crippen molar-refractivity contribution in [3.63, 3.8) is 0 Å². The van der Waals surface area contributed by atoms with Gasteiger partial charge in [-0.1, -0.05) is 32.3 Å². The number of halogens is 1. The Hall–Kier alpha value is -4.17. The Labute approximate surface area is 278 Å². The van der Waals surface area contributed by atoms with Gasteiger partial charge in [0.05, 0.1) is 17.4 Å². The molecule has 12 nitrogen and oxygen atoms in total. The number of amides is 4. The molecule has 1 saturated carbocycles. The quantitative estimate of drug-likeness (QED) is 0.285. The zero-order valence-corrected chi connectivity index (χ0v) is 27.9. The maximum Gasteiger partial charge on any atom is 0.270 e. The fourth-order valence-corrected chi connectivity index (χ4v) is 6.86. The summed E-state index contributed by atoms with van der Waals surface area (Å²) < 4.78 is 17.3. The molecule has 0 bridgehead atoms. The molecule has 0 radical (unpaired) electrons. The highest BCUT2D eigenvalue weighted by Gasteiger charge is 2.35. The van der Waals surface area contributed by atoms with E-state index in [-0.39, 0.29) is 17.5 Å². The number of hydrogen-bond acceptors (Lipinski definition) is 8. The summed E-state index contributed by atoms with van der Waals surface area (Å²) in [6, 6.07) is 4.21. The van der Waals surface area contributed by atoms with Gasteiger partial charge in [0.1, 0.15) is 28.5 Å². The number of carbonyl (C=O) groups is 4. The third-order valence-electron chi connectivity index (χ3n) is 9.24. The standard InChI is InChI=1S/C33H43FN8O4S/c1-4-42-26(12-13-36-42)30(43)39-29(22-8-6-5-7-9-22)32(45)37-25-11-10-23(18-24(25)34)21(2)28(38-31(44)27-19-35-20-47-27)33(46)41-16-14-40(3)15-17-41/h10-13,18-22,28-29H,4-9,14-17H2,1-3H3,(H,37,45)(H,38,44)(H,39,43)/t21-,28+,29-/m0/s1. The van der Waals surface area contributed by atoms with E-state index in [1.807, 2.05) is 14.0 Å². The zero-order valence-electron chi connectivity index (χ0n) is 27.1. The van der Waals surface area contributed by atoms with E-state index < -0.39 is 41.5 Å². The van der Waals surface area contributed by atoms with Crippen molar-refractivity contribution in [2.24, 2.45) is 5.92 Å². The van der Waals surface area contributed by atoms with Gasteiger partial charge in [0.2, 0.25) is 11.8 Å². The summed E-state index contributed by atoms with van der Waals surface area (Å²) in [5, 5.41) is 12.6. The molecule has 2 aromatic heterocycles. The number of aryl methyl sites for hydroxylation is 1. The summed E-state index contributed by atoms with van der Waals surface area (Å²) in [4.78, 5) is 61.8. The molecule has 1 aliphatic heterocycles. The van der Waals surface area contributed by atoms with Crippen LogP contribution in [0.4, 0.5) is 10.1 Å². The van der Waals surface area contributed by atoms with Gasteiger partial charge in [-0.2, -0.15) is 5.10 Å². The van der Waals surface area contributed by atoms with Gasteiger partial charge in [0.25, 0.3) is 11.8 Å². The van der Waals surface area contributed by atoms with Crippen molar-refractivity contribution in [2.75, 3.05) is 38.5 Å². The summed E-state index contributed by atoms with van der Waals surface area (Å²) in [6.45, 7) is 6.62. The first-order chi connectivity index (χ1) is 22.7. The lowest BCUT2D eigenvalue weighted by Crippen LogP contribution is -2.55. The number of nitrogens with one attached hydrogen (secondary N) is 3. The van der Waals surface area contributed by atoms with Crippen molar-refractivity contribution in [2.45, 2.75) is 70.5 Å². The van der Waals surface area contributed by atoms with Crippen LogP contribution in [-0.4, -0.2) is 93.5 Å². The van der Waals surface area contributed by atoms with Gasteiger partial charge >= 0.3 is 0 Å². The van der Waals surface area contributed by atoms with Crippen LogP contribution in [0.25, 0.3) is 0 Å². The number of likely N-dealkylation sites (N-methyl/N-ethyl adjacent to an activating group) is 1. The van der Waals surface area contributed by atoms with Gasteiger partial charge in [-0.15, -0.1) is 11.3 Å². The molecule has 1 saturated heterocycles. The molecule has 4 amide bonds. The highest BCUT2D eigenvalue weighted by Crippen LogP contribution is 2.29. The van der Waals surface area contributed by atoms with Crippen molar-refractivity contribution in [3.05, 3.63) is 64.1 Å². The molecule has 3 aromatic rings. The molecule has 1 aromatic carbocycles. The van der Waals surface area contributed by atoms with Crippen LogP contribution in [0, 0.1) is 11.7 Å². The van der Waals surface area contributed by atoms with Crippen molar-refractivity contribution in [1.29, 1.82) is 0 Å². The highest BCUT2D eigenvalue weighted by atomic mass is 32.1. The number of aromatic nitrogens is 3. The number of carbonyl (C=O) groups excluding carboxylic acids is 4. The van der Waals surface area contributed by atoms with Gasteiger partial charge in [0, 0.05) is 44.8 Å². The van der Waals surface area contributed by atoms with E-state index in [0.717, 1.165) is 32.1 Å². The lowest BCUT2D eigenvalue weighted by molar-refractivity contribution is -0.135. The van der Waals surface area contributed by atoms with Crippen LogP contribution in [-0.2, 0) is 16.1 Å². The van der Waals surface area contributed by atoms with E-state index in [0.29, 0.717) is 48.9 Å². The first kappa shape index (κ1) is 34.2. The monoisotopic (exact) mass is 666 g/mol. The largest absolute Gasteiger partial charge is 0.339 e. The fourth-order valence-electron chi connectivity index (χ4n) is 6.34. The van der Waals surface area contributed by atoms with Crippen molar-refractivity contribution < 1.29 is 23.6 Å². The summed E-state index contributed by atoms with van der Waals surface area (Å²) in [7, 11) is 1.99. The highest BCUT2D eigenvalue weighted by molar-refractivity contribution is 7.11. The van der Waals surface area contributed by atoms with E-state index in [9.17, 15) is 19.2 Å². The van der Waals surface area contributed by atoms with E-state index in [1.54, 1.807) is 40.3 Å². The van der Waals surface area contributed by atoms with Crippen LogP contribution in [0.3, 0.4) is 0 Å². The molecule has 2 fully saturated rings. The number of piperazine rings is 1. The van der Waals surface area contributed by atoms with E-state index in [1.165, 1.54) is 29.7 Å². The third-order valence-corrected chi connectivity index (χ3v) is 10.0. The molecule has 1 aliphatic carbocycles. The van der Waals surface area contributed by atoms with Crippen molar-refractivity contribution in [3.8, 4) is 0 Å². The lowest BCUT2D eigenvalue weighted by Gasteiger charge is -2.36. The molecule has 252 valence electrons. The van der Waals surface area contributed by atoms with Crippen LogP contribution in [0.1, 0.15) is 77.6 Å². The van der Waals surface area contributed by atoms with Crippen LogP contribution < -0.4 is 16.0 Å². The van der Waals surface area contributed by atoms with E-state index in [2.05, 4.69) is 30.9 Å². The number of thiazole rings is 1. The fraction of sp³-hybridized carbons (Fsp3) is 0.515. The first-order valence-corrected chi connectivity index (χ1v) is 17.1. The summed E-state index contributed by atoms with van der Waals surface area (Å²) in [5.41, 5.74) is 2.36. The average Bonchev–Trinajstić information content (AvgIpc) is 3.80. The van der Waals surface area contributed by atoms with Gasteiger partial charge in [-0.3, -0.25) is 28.8 Å². The molecular formula is C33H43FN8O4S. The minimum Gasteiger partial charge on any atom is -0.339 e. The second kappa shape index (κ2) is 15.6. The van der Waals surface area contributed by atoms with Gasteiger partial charge in [0.15, 0.2) is 0 Å². The molecule has 2 aliphatic rings. The second-order valence-electron chi connectivity index (χ2n) is 12.3. The van der Waals surface area contributed by atoms with Crippen LogP contribution >= 0.6 is 11.3 Å². The second-order valence-corrected chi connectivity index (χ2v) is 13.2. The number of anilines is 1. The van der Waals surface area contributed by atoms with Crippen molar-refractivity contribution >= 4 is 40.7 Å². The van der Waals surface area contributed by atoms with Crippen LogP contribution in [0.2, 0.25) is 0 Å². The van der Waals surface area contributed by atoms with Gasteiger partial charge < -0.3 is 25.8 Å². The predicted octanol–water partition coefficient (Wildman–Crippen LogP) is 3.49. The topological polar surface area (TPSA) is 142 Å². The molecule has 14 heteroatoms. The van der Waals surface area contributed by atoms with E-state index >= 15 is 4.39 Å². The lowest BCUT2D eigenvalue weighted by atomic mass is 9.83. The number of nitrogens with zero attached hydrogens (tertiary/aromatic N) is 5. The Morgan fingerprint density at radius 2 is 1.77 bits per heavy atom. The summed E-state index contributed by atoms with van der Waals surface area (Å²) >= 11 is 1.17. The minimum atomic E-state index is -0.949. The Balaban J connectivity index is 1.33. The number of hydrogen-bond donors (Lipinski definition) is 3. The molecule has 3 heterocycles. The normalized spacial score (nSPS) is 17.8. The van der Waals surface area contributed by atoms with E-state index in [4.69, 9.17) is 0 Å². The molecular weight excluding hydrogens is 623 g/mol. The Morgan fingerprint density at radius 1 is 1.02 bits per heavy atom. The molecule has 0 unspecified atom stereocenters. The molecule has 0 spiro atoms. The third kappa shape index (κ3) is 8.22. The van der Waals surface area contributed by atoms with Crippen molar-refractivity contribution in [1.82, 2.24) is 35.2 Å². The predicted molar refractivity (Wildman–Crippen MR) is 177 cm³/mol. The van der Waals surface area contributed by atoms with Crippen LogP contribution in [0.15, 0.2) is 42.2 Å². The number of rotatable bonds is 11. The Bertz CT molecular complexity index is 1550. The molecule has 47 heavy (non-hydrogen) atoms. The number of benzene rings is 1. The Morgan fingerprint density at radius 3 is 2.43 bits per heavy atom. The van der Waals surface area contributed by atoms with Gasteiger partial charge in [-0.25, -0.2) is 4.39 Å². The maximum atomic E-state index is 15.7. The van der Waals surface area contributed by atoms with Gasteiger partial charge in [-0.05, 0) is 56.5 Å². The smallest absolute Gasteiger partial charge is 0.270 e. The SMILES string of the molecule is CCn1nccc1C(=O)N[C@H](C(=O)Nc1ccc([C@H](C)[C@@H](NC(=O)c2cncs2)C(=O)N2CCN(C)CC2)cc1F)C1CCCCC1. The average molecular weight is 667 g/mol. The molecule has 3 atom stereocenters.